The number of fused-ring (bicyclic) bond motifs is 3. The van der Waals surface area contributed by atoms with Crippen molar-refractivity contribution in [2.45, 2.75) is 103 Å². The maximum absolute atomic E-state index is 14.0. The maximum Gasteiger partial charge on any atom is 0.246 e. The smallest absolute Gasteiger partial charge is 0.246 e. The first-order valence-corrected chi connectivity index (χ1v) is 20.6. The van der Waals surface area contributed by atoms with Crippen molar-refractivity contribution >= 4 is 46.0 Å². The van der Waals surface area contributed by atoms with Gasteiger partial charge in [-0.3, -0.25) is 19.2 Å². The molecule has 0 radical (unpaired) electrons. The molecule has 2 aliphatic rings. The van der Waals surface area contributed by atoms with Crippen LogP contribution in [0.25, 0.3) is 32.7 Å². The second-order valence-corrected chi connectivity index (χ2v) is 17.3. The Bertz CT molecular complexity index is 2320. The number of β-amino-alcohol motifs (C(OH)–C–C–N with tert-alkyl or cyclic N) is 1. The first kappa shape index (κ1) is 40.5. The third kappa shape index (κ3) is 9.05. The number of aliphatic hydroxyl groups excluding tert-OH is 1. The van der Waals surface area contributed by atoms with Gasteiger partial charge in [0.1, 0.15) is 17.8 Å². The minimum absolute atomic E-state index is 0.0190. The van der Waals surface area contributed by atoms with E-state index in [4.69, 9.17) is 0 Å². The molecule has 5 aromatic rings. The summed E-state index contributed by atoms with van der Waals surface area (Å²) in [6.07, 6.45) is 1.75. The molecule has 0 unspecified atom stereocenters. The Morgan fingerprint density at radius 2 is 1.79 bits per heavy atom. The summed E-state index contributed by atoms with van der Waals surface area (Å²) < 4.78 is 0. The monoisotopic (exact) mass is 806 g/mol. The summed E-state index contributed by atoms with van der Waals surface area (Å²) in [6.45, 7) is 7.71. The lowest BCUT2D eigenvalue weighted by molar-refractivity contribution is -0.144. The van der Waals surface area contributed by atoms with E-state index in [0.717, 1.165) is 51.2 Å². The molecule has 14 nitrogen and oxygen atoms in total. The topological polar surface area (TPSA) is 203 Å². The fourth-order valence-corrected chi connectivity index (χ4v) is 8.69. The standard InChI is InChI=1S/C43H50N8O6S/c1-24-38(58-23-45-24)26-14-12-25(13-15-26)21-44-41(56)34-19-28(52)22-51(34)42(57)39(43(2,3)4)48-37(55)11-7-10-36(54)46-27-16-17-32-30(18-27)31-20-33(49-50-40(31)47-32)29-8-5-6-9-35(29)53/h5-6,8-9,12-15,20,23,27-28,34,39,52-53H,7,10-11,16-19,21-22H2,1-4H3,(H,44,56)(H,46,54)(H,47,50)(H,48,55)/t27-,28+,34-,39+/m0/s1. The van der Waals surface area contributed by atoms with E-state index in [-0.39, 0.29) is 68.3 Å². The van der Waals surface area contributed by atoms with Gasteiger partial charge in [-0.05, 0) is 72.9 Å². The molecule has 3 aromatic heterocycles. The number of thiazole rings is 1. The van der Waals surface area contributed by atoms with Crippen molar-refractivity contribution in [1.29, 1.82) is 0 Å². The van der Waals surface area contributed by atoms with E-state index in [1.54, 1.807) is 29.5 Å². The predicted molar refractivity (Wildman–Crippen MR) is 220 cm³/mol. The van der Waals surface area contributed by atoms with Crippen molar-refractivity contribution in [2.75, 3.05) is 6.54 Å². The third-order valence-corrected chi connectivity index (χ3v) is 12.0. The van der Waals surface area contributed by atoms with Gasteiger partial charge in [-0.2, -0.15) is 0 Å². The first-order chi connectivity index (χ1) is 27.7. The number of aromatic hydroxyl groups is 1. The molecule has 304 valence electrons. The highest BCUT2D eigenvalue weighted by Crippen LogP contribution is 2.33. The van der Waals surface area contributed by atoms with Gasteiger partial charge in [-0.15, -0.1) is 21.5 Å². The molecule has 7 rings (SSSR count). The zero-order valence-corrected chi connectivity index (χ0v) is 34.0. The highest BCUT2D eigenvalue weighted by atomic mass is 32.1. The molecule has 1 aliphatic carbocycles. The van der Waals surface area contributed by atoms with Crippen LogP contribution in [0.4, 0.5) is 0 Å². The van der Waals surface area contributed by atoms with Crippen molar-refractivity contribution in [3.63, 3.8) is 0 Å². The van der Waals surface area contributed by atoms with Crippen LogP contribution in [0.2, 0.25) is 0 Å². The molecule has 1 fully saturated rings. The van der Waals surface area contributed by atoms with Gasteiger partial charge in [0, 0.05) is 55.0 Å². The molecule has 4 atom stereocenters. The number of hydrogen-bond donors (Lipinski definition) is 6. The number of nitrogens with one attached hydrogen (secondary N) is 4. The number of benzene rings is 2. The molecule has 0 bridgehead atoms. The van der Waals surface area contributed by atoms with Gasteiger partial charge < -0.3 is 36.0 Å². The van der Waals surface area contributed by atoms with Gasteiger partial charge in [0.15, 0.2) is 5.65 Å². The van der Waals surface area contributed by atoms with Gasteiger partial charge in [-0.1, -0.05) is 57.2 Å². The number of likely N-dealkylation sites (tertiary alicyclic amines) is 1. The summed E-state index contributed by atoms with van der Waals surface area (Å²) in [4.78, 5) is 63.9. The minimum atomic E-state index is -0.958. The summed E-state index contributed by atoms with van der Waals surface area (Å²) in [6, 6.07) is 14.8. The number of phenolic OH excluding ortho intramolecular Hbond substituents is 1. The molecule has 0 saturated carbocycles. The van der Waals surface area contributed by atoms with E-state index in [0.29, 0.717) is 23.3 Å². The summed E-state index contributed by atoms with van der Waals surface area (Å²) >= 11 is 1.57. The number of para-hydroxylation sites is 1. The largest absolute Gasteiger partial charge is 0.507 e. The lowest BCUT2D eigenvalue weighted by atomic mass is 9.85. The number of aryl methyl sites for hydroxylation is 2. The molecule has 2 aromatic carbocycles. The number of H-pyrrole nitrogens is 1. The van der Waals surface area contributed by atoms with Crippen molar-refractivity contribution in [3.8, 4) is 27.4 Å². The second-order valence-electron chi connectivity index (χ2n) is 16.4. The highest BCUT2D eigenvalue weighted by Gasteiger charge is 2.44. The van der Waals surface area contributed by atoms with Crippen LogP contribution in [0.5, 0.6) is 5.75 Å². The number of amides is 4. The van der Waals surface area contributed by atoms with E-state index in [2.05, 4.69) is 36.1 Å². The Kier molecular flexibility index (Phi) is 11.9. The van der Waals surface area contributed by atoms with E-state index < -0.39 is 29.5 Å². The third-order valence-electron chi connectivity index (χ3n) is 11.0. The number of aliphatic hydroxyl groups is 1. The fraction of sp³-hybridized carbons (Fsp3) is 0.419. The van der Waals surface area contributed by atoms with Gasteiger partial charge in [-0.25, -0.2) is 4.98 Å². The van der Waals surface area contributed by atoms with Crippen LogP contribution in [-0.2, 0) is 38.6 Å². The van der Waals surface area contributed by atoms with Gasteiger partial charge >= 0.3 is 0 Å². The Labute approximate surface area is 340 Å². The van der Waals surface area contributed by atoms with Crippen LogP contribution in [0.3, 0.4) is 0 Å². The number of carbonyl (C=O) groups is 4. The number of carbonyl (C=O) groups excluding carboxylic acids is 4. The van der Waals surface area contributed by atoms with Crippen LogP contribution >= 0.6 is 11.3 Å². The highest BCUT2D eigenvalue weighted by molar-refractivity contribution is 7.13. The Morgan fingerprint density at radius 3 is 2.52 bits per heavy atom. The number of rotatable bonds is 12. The molecule has 0 spiro atoms. The van der Waals surface area contributed by atoms with Gasteiger partial charge in [0.25, 0.3) is 0 Å². The molecule has 4 heterocycles. The normalized spacial score (nSPS) is 18.4. The SMILES string of the molecule is Cc1ncsc1-c1ccc(CNC(=O)[C@@H]2C[C@@H](O)CN2C(=O)[C@@H](NC(=O)CCCC(=O)N[C@H]2CCc3[nH]c4nnc(-c5ccccc5O)cc4c3C2)C(C)(C)C)cc1. The van der Waals surface area contributed by atoms with Crippen molar-refractivity contribution < 1.29 is 29.4 Å². The van der Waals surface area contributed by atoms with Crippen molar-refractivity contribution in [2.24, 2.45) is 5.41 Å². The fourth-order valence-electron chi connectivity index (χ4n) is 7.88. The number of aromatic nitrogens is 4. The van der Waals surface area contributed by atoms with Crippen LogP contribution < -0.4 is 16.0 Å². The lowest BCUT2D eigenvalue weighted by Gasteiger charge is -2.35. The Balaban J connectivity index is 0.902. The molecule has 15 heteroatoms. The second kappa shape index (κ2) is 17.0. The maximum atomic E-state index is 14.0. The zero-order chi connectivity index (χ0) is 41.1. The number of phenols is 1. The van der Waals surface area contributed by atoms with Crippen LogP contribution in [-0.4, -0.2) is 89.7 Å². The summed E-state index contributed by atoms with van der Waals surface area (Å²) in [5.41, 5.74) is 7.95. The van der Waals surface area contributed by atoms with Gasteiger partial charge in [0.2, 0.25) is 23.6 Å². The van der Waals surface area contributed by atoms with Crippen molar-refractivity contribution in [3.05, 3.63) is 82.6 Å². The van der Waals surface area contributed by atoms with Gasteiger partial charge in [0.05, 0.1) is 27.9 Å². The molecule has 6 N–H and O–H groups in total. The number of nitrogens with zero attached hydrogens (tertiary/aromatic N) is 4. The molecular weight excluding hydrogens is 757 g/mol. The van der Waals surface area contributed by atoms with E-state index >= 15 is 0 Å². The molecule has 1 aliphatic heterocycles. The van der Waals surface area contributed by atoms with Crippen LogP contribution in [0, 0.1) is 12.3 Å². The lowest BCUT2D eigenvalue weighted by Crippen LogP contribution is -2.57. The van der Waals surface area contributed by atoms with E-state index in [9.17, 15) is 29.4 Å². The predicted octanol–water partition coefficient (Wildman–Crippen LogP) is 4.72. The van der Waals surface area contributed by atoms with E-state index in [1.807, 2.05) is 69.6 Å². The quantitative estimate of drug-likeness (QED) is 0.103. The van der Waals surface area contributed by atoms with Crippen LogP contribution in [0.15, 0.2) is 60.1 Å². The first-order valence-electron chi connectivity index (χ1n) is 19.7. The van der Waals surface area contributed by atoms with Crippen molar-refractivity contribution in [1.82, 2.24) is 41.0 Å². The molecule has 1 saturated heterocycles. The molecule has 4 amide bonds. The molecular formula is C43H50N8O6S. The Hall–Kier alpha value is -5.67. The average Bonchev–Trinajstić information content (AvgIpc) is 3.91. The number of hydrogen-bond acceptors (Lipinski definition) is 10. The molecule has 58 heavy (non-hydrogen) atoms. The number of aromatic amines is 1. The zero-order valence-electron chi connectivity index (χ0n) is 33.2. The van der Waals surface area contributed by atoms with Crippen LogP contribution in [0.1, 0.15) is 75.4 Å². The summed E-state index contributed by atoms with van der Waals surface area (Å²) in [5.74, 6) is -1.22. The Morgan fingerprint density at radius 1 is 1.03 bits per heavy atom. The minimum Gasteiger partial charge on any atom is -0.507 e. The summed E-state index contributed by atoms with van der Waals surface area (Å²) in [7, 11) is 0. The van der Waals surface area contributed by atoms with E-state index in [1.165, 1.54) is 4.90 Å². The average molecular weight is 807 g/mol. The summed E-state index contributed by atoms with van der Waals surface area (Å²) in [5, 5.41) is 39.4.